The third-order valence-corrected chi connectivity index (χ3v) is 13.3. The molecule has 0 saturated carbocycles. The summed E-state index contributed by atoms with van der Waals surface area (Å²) < 4.78 is 24.0. The Labute approximate surface area is 479 Å². The van der Waals surface area contributed by atoms with Gasteiger partial charge >= 0.3 is 20.1 Å². The molecule has 10 aromatic carbocycles. The van der Waals surface area contributed by atoms with Gasteiger partial charge in [-0.2, -0.15) is 0 Å². The summed E-state index contributed by atoms with van der Waals surface area (Å²) in [7, 11) is 0. The number of Topliss-reactive ketones (excluding diaryl/α,β-unsaturated/α-hetero) is 2. The van der Waals surface area contributed by atoms with Crippen molar-refractivity contribution in [2.45, 2.75) is 74.4 Å². The summed E-state index contributed by atoms with van der Waals surface area (Å²) in [4.78, 5) is 38.9. The number of ketones is 2. The van der Waals surface area contributed by atoms with Crippen molar-refractivity contribution < 1.29 is 48.6 Å². The molecule has 10 nitrogen and oxygen atoms in total. The number of carbonyl (C=O) groups is 2. The van der Waals surface area contributed by atoms with E-state index in [2.05, 4.69) is 149 Å². The van der Waals surface area contributed by atoms with E-state index >= 15 is 0 Å². The normalized spacial score (nSPS) is 10.9. The Bertz CT molecular complexity index is 3590. The van der Waals surface area contributed by atoms with Crippen LogP contribution in [0.5, 0.6) is 23.0 Å². The molecule has 2 aromatic heterocycles. The molecule has 0 saturated heterocycles. The van der Waals surface area contributed by atoms with Gasteiger partial charge in [0.2, 0.25) is 0 Å². The Morgan fingerprint density at radius 1 is 0.362 bits per heavy atom. The zero-order valence-electron chi connectivity index (χ0n) is 45.4. The van der Waals surface area contributed by atoms with Crippen molar-refractivity contribution in [1.29, 1.82) is 0 Å². The molecule has 0 N–H and O–H groups in total. The molecule has 0 aliphatic carbocycles. The Morgan fingerprint density at radius 3 is 0.975 bits per heavy atom. The van der Waals surface area contributed by atoms with Crippen LogP contribution >= 0.6 is 0 Å². The fraction of sp³-hybridized carbons (Fsp3) is 0.159. The molecule has 0 unspecified atom stereocenters. The number of benzene rings is 10. The molecule has 0 amide bonds. The van der Waals surface area contributed by atoms with Crippen molar-refractivity contribution in [3.05, 3.63) is 239 Å². The van der Waals surface area contributed by atoms with E-state index in [0.29, 0.717) is 26.4 Å². The van der Waals surface area contributed by atoms with Crippen molar-refractivity contribution in [2.75, 3.05) is 0 Å². The summed E-state index contributed by atoms with van der Waals surface area (Å²) in [5.74, 6) is 3.29. The maximum atomic E-state index is 10.0. The van der Waals surface area contributed by atoms with Gasteiger partial charge in [0, 0.05) is 35.8 Å². The number of aromatic nitrogens is 4. The van der Waals surface area contributed by atoms with Crippen LogP contribution in [0.3, 0.4) is 0 Å². The number of ether oxygens (including phenoxy) is 4. The summed E-state index contributed by atoms with van der Waals surface area (Å²) >= 11 is 0. The summed E-state index contributed by atoms with van der Waals surface area (Å²) in [6, 6.07) is 60.8. The second-order valence-corrected chi connectivity index (χ2v) is 19.8. The number of hydrogen-bond acceptors (Lipinski definition) is 10. The summed E-state index contributed by atoms with van der Waals surface area (Å²) in [6.07, 6.45) is 7.05. The first-order chi connectivity index (χ1) is 38.4. The minimum atomic E-state index is -0.0625. The van der Waals surface area contributed by atoms with Gasteiger partial charge in [-0.05, 0) is 124 Å². The van der Waals surface area contributed by atoms with Crippen molar-refractivity contribution in [2.24, 2.45) is 0 Å². The molecule has 12 rings (SSSR count). The number of fused-ring (bicyclic) bond motifs is 12. The maximum absolute atomic E-state index is 10.0. The number of nitrogens with zero attached hydrogens (tertiary/aromatic N) is 4. The quantitative estimate of drug-likeness (QED) is 0.0591. The first-order valence-corrected chi connectivity index (χ1v) is 26.2. The largest absolute Gasteiger partial charge is 3.00 e. The molecule has 0 radical (unpaired) electrons. The molecule has 11 heteroatoms. The van der Waals surface area contributed by atoms with Crippen LogP contribution in [0.2, 0.25) is 0 Å². The van der Waals surface area contributed by atoms with Gasteiger partial charge in [-0.1, -0.05) is 128 Å². The summed E-state index contributed by atoms with van der Waals surface area (Å²) in [6.45, 7) is 12.9. The van der Waals surface area contributed by atoms with Crippen LogP contribution in [-0.4, -0.2) is 31.5 Å². The minimum absolute atomic E-state index is 0. The predicted octanol–water partition coefficient (Wildman–Crippen LogP) is 15.6. The molecule has 12 aromatic rings. The van der Waals surface area contributed by atoms with Crippen LogP contribution in [-0.2, 0) is 56.1 Å². The number of carbonyl (C=O) groups excluding carboxylic acids is 2. The molecule has 0 atom stereocenters. The Hall–Kier alpha value is -8.89. The summed E-state index contributed by atoms with van der Waals surface area (Å²) in [5.41, 5.74) is 12.4. The molecule has 398 valence electrons. The Morgan fingerprint density at radius 2 is 0.662 bits per heavy atom. The average Bonchev–Trinajstić information content (AvgIpc) is 3.47. The van der Waals surface area contributed by atoms with Crippen LogP contribution in [0.25, 0.3) is 65.2 Å². The standard InChI is InChI=1S/2C32H25N2O2.C5H8O2.Ir/c2*1-21-3-9-25(10-4-21)35-19-23-7-13-27-28-14-8-24(20-36-26-11-5-22(2)6-12-26)18-30(28)32-31(29(27)17-23)33-15-16-34-32;1-4(6)3-5(2)7;/h2*3-17H,19-20H2,1-2H3;3H2,1-2H3;/q2*-1;;+3. The van der Waals surface area contributed by atoms with Crippen LogP contribution in [0.4, 0.5) is 0 Å². The van der Waals surface area contributed by atoms with Gasteiger partial charge in [0.15, 0.2) is 0 Å². The van der Waals surface area contributed by atoms with Gasteiger partial charge in [0.25, 0.3) is 0 Å². The third kappa shape index (κ3) is 13.7. The van der Waals surface area contributed by atoms with E-state index in [1.54, 1.807) is 24.8 Å². The SMILES string of the molecule is CC(=O)CC(C)=O.Cc1ccc(OCc2[c-]c3c(cc2)c2ccc(COc4ccc(C)cc4)cc2c2nccnc32)cc1.Cc1ccc(OCc2[c-]c3c(cc2)c2ccc(COc4ccc(C)cc4)cc2c2nccnc32)cc1.[Ir+3]. The molecule has 0 bridgehead atoms. The first-order valence-electron chi connectivity index (χ1n) is 26.2. The van der Waals surface area contributed by atoms with Crippen LogP contribution in [0.1, 0.15) is 64.8 Å². The van der Waals surface area contributed by atoms with Crippen LogP contribution in [0, 0.1) is 39.8 Å². The zero-order chi connectivity index (χ0) is 54.8. The minimum Gasteiger partial charge on any atom is -0.491 e. The molecule has 0 aliphatic rings. The van der Waals surface area contributed by atoms with E-state index < -0.39 is 0 Å². The molecule has 2 heterocycles. The second kappa shape index (κ2) is 25.7. The predicted molar refractivity (Wildman–Crippen MR) is 315 cm³/mol. The van der Waals surface area contributed by atoms with E-state index in [9.17, 15) is 9.59 Å². The number of rotatable bonds is 14. The second-order valence-electron chi connectivity index (χ2n) is 19.8. The van der Waals surface area contributed by atoms with Crippen molar-refractivity contribution in [1.82, 2.24) is 19.9 Å². The fourth-order valence-electron chi connectivity index (χ4n) is 9.27. The third-order valence-electron chi connectivity index (χ3n) is 13.3. The van der Waals surface area contributed by atoms with Crippen molar-refractivity contribution >= 4 is 76.7 Å². The fourth-order valence-corrected chi connectivity index (χ4v) is 9.27. The topological polar surface area (TPSA) is 123 Å². The Balaban J connectivity index is 0.000000171. The van der Waals surface area contributed by atoms with Gasteiger partial charge in [0.1, 0.15) is 47.8 Å². The smallest absolute Gasteiger partial charge is 0.491 e. The van der Waals surface area contributed by atoms with Gasteiger partial charge in [0.05, 0.1) is 30.7 Å². The van der Waals surface area contributed by atoms with Crippen molar-refractivity contribution in [3.63, 3.8) is 0 Å². The van der Waals surface area contributed by atoms with Gasteiger partial charge < -0.3 is 28.9 Å². The maximum Gasteiger partial charge on any atom is 3.00 e. The Kier molecular flexibility index (Phi) is 18.0. The molecule has 0 aliphatic heterocycles. The van der Waals surface area contributed by atoms with Gasteiger partial charge in [-0.25, -0.2) is 0 Å². The molecular weight excluding hydrogens is 1170 g/mol. The monoisotopic (exact) mass is 1230 g/mol. The average molecular weight is 1230 g/mol. The van der Waals surface area contributed by atoms with Crippen LogP contribution < -0.4 is 18.9 Å². The van der Waals surface area contributed by atoms with Gasteiger partial charge in [-0.3, -0.25) is 19.6 Å². The molecule has 0 fully saturated rings. The van der Waals surface area contributed by atoms with E-state index in [1.807, 2.05) is 48.5 Å². The molecule has 0 spiro atoms. The first kappa shape index (κ1) is 55.8. The van der Waals surface area contributed by atoms with E-state index in [1.165, 1.54) is 36.1 Å². The molecule has 80 heavy (non-hydrogen) atoms. The summed E-state index contributed by atoms with van der Waals surface area (Å²) in [5, 5.41) is 8.49. The van der Waals surface area contributed by atoms with Crippen LogP contribution in [0.15, 0.2) is 183 Å². The van der Waals surface area contributed by atoms with E-state index in [0.717, 1.165) is 110 Å². The zero-order valence-corrected chi connectivity index (χ0v) is 47.8. The van der Waals surface area contributed by atoms with Crippen molar-refractivity contribution in [3.8, 4) is 23.0 Å². The van der Waals surface area contributed by atoms with E-state index in [4.69, 9.17) is 38.9 Å². The van der Waals surface area contributed by atoms with Gasteiger partial charge in [-0.15, -0.1) is 47.2 Å². The van der Waals surface area contributed by atoms with E-state index in [-0.39, 0.29) is 38.1 Å². The number of hydrogen-bond donors (Lipinski definition) is 0. The molecular formula is C69H58IrN4O6+. The number of aryl methyl sites for hydroxylation is 4.